The van der Waals surface area contributed by atoms with Crippen LogP contribution >= 0.6 is 11.6 Å². The van der Waals surface area contributed by atoms with Gasteiger partial charge in [0, 0.05) is 29.7 Å². The van der Waals surface area contributed by atoms with Crippen LogP contribution in [-0.4, -0.2) is 41.4 Å². The van der Waals surface area contributed by atoms with Crippen molar-refractivity contribution in [3.8, 4) is 0 Å². The van der Waals surface area contributed by atoms with Crippen molar-refractivity contribution in [3.05, 3.63) is 29.3 Å². The van der Waals surface area contributed by atoms with Crippen molar-refractivity contribution in [1.82, 2.24) is 4.90 Å². The maximum Gasteiger partial charge on any atom is 0.312 e. The molecule has 0 spiro atoms. The number of amides is 2. The average molecular weight is 379 g/mol. The topological polar surface area (TPSA) is 75.7 Å². The summed E-state index contributed by atoms with van der Waals surface area (Å²) in [6.45, 7) is 1.92. The number of rotatable bonds is 5. The number of carbonyl (C=O) groups excluding carboxylic acids is 3. The number of halogens is 1. The molecule has 1 aromatic carbocycles. The molecule has 0 bridgehead atoms. The first-order valence-electron chi connectivity index (χ1n) is 9.00. The number of likely N-dealkylation sites (tertiary alicyclic amines) is 1. The highest BCUT2D eigenvalue weighted by Gasteiger charge is 2.40. The van der Waals surface area contributed by atoms with E-state index in [1.165, 1.54) is 6.92 Å². The van der Waals surface area contributed by atoms with E-state index in [9.17, 15) is 14.4 Å². The number of esters is 1. The lowest BCUT2D eigenvalue weighted by Gasteiger charge is -2.24. The Kier molecular flexibility index (Phi) is 5.81. The lowest BCUT2D eigenvalue weighted by Crippen LogP contribution is -2.36. The summed E-state index contributed by atoms with van der Waals surface area (Å²) in [4.78, 5) is 38.6. The summed E-state index contributed by atoms with van der Waals surface area (Å²) >= 11 is 5.81. The first-order valence-corrected chi connectivity index (χ1v) is 9.38. The van der Waals surface area contributed by atoms with Gasteiger partial charge >= 0.3 is 5.97 Å². The maximum absolute atomic E-state index is 12.4. The van der Waals surface area contributed by atoms with E-state index in [0.717, 1.165) is 25.7 Å². The molecule has 26 heavy (non-hydrogen) atoms. The highest BCUT2D eigenvalue weighted by Crippen LogP contribution is 2.30. The van der Waals surface area contributed by atoms with E-state index in [4.69, 9.17) is 16.3 Å². The van der Waals surface area contributed by atoms with Gasteiger partial charge in [0.15, 0.2) is 6.10 Å². The van der Waals surface area contributed by atoms with E-state index in [-0.39, 0.29) is 18.4 Å². The summed E-state index contributed by atoms with van der Waals surface area (Å²) in [6.07, 6.45) is 3.51. The normalized spacial score (nSPS) is 21.7. The van der Waals surface area contributed by atoms with Gasteiger partial charge in [-0.2, -0.15) is 0 Å². The zero-order valence-electron chi connectivity index (χ0n) is 14.7. The molecule has 1 saturated heterocycles. The third-order valence-corrected chi connectivity index (χ3v) is 5.28. The fourth-order valence-electron chi connectivity index (χ4n) is 3.56. The van der Waals surface area contributed by atoms with E-state index in [0.29, 0.717) is 17.3 Å². The second-order valence-corrected chi connectivity index (χ2v) is 7.40. The molecule has 1 saturated carbocycles. The molecule has 2 aliphatic rings. The number of carbonyl (C=O) groups is 3. The molecular formula is C19H23ClN2O4. The first kappa shape index (κ1) is 18.7. The van der Waals surface area contributed by atoms with Crippen LogP contribution in [-0.2, 0) is 19.1 Å². The monoisotopic (exact) mass is 378 g/mol. The quantitative estimate of drug-likeness (QED) is 0.799. The van der Waals surface area contributed by atoms with Gasteiger partial charge in [0.25, 0.3) is 5.91 Å². The van der Waals surface area contributed by atoms with Crippen molar-refractivity contribution in [2.75, 3.05) is 11.9 Å². The Balaban J connectivity index is 1.51. The zero-order chi connectivity index (χ0) is 18.7. The fraction of sp³-hybridized carbons (Fsp3) is 0.526. The molecule has 1 aromatic rings. The second-order valence-electron chi connectivity index (χ2n) is 6.96. The zero-order valence-corrected chi connectivity index (χ0v) is 15.5. The lowest BCUT2D eigenvalue weighted by atomic mass is 10.1. The molecule has 0 radical (unpaired) electrons. The van der Waals surface area contributed by atoms with Gasteiger partial charge in [0.05, 0.1) is 5.92 Å². The average Bonchev–Trinajstić information content (AvgIpc) is 3.26. The molecule has 2 amide bonds. The number of ether oxygens (including phenoxy) is 1. The molecule has 0 aromatic heterocycles. The van der Waals surface area contributed by atoms with Gasteiger partial charge in [-0.1, -0.05) is 24.4 Å². The Morgan fingerprint density at radius 1 is 1.23 bits per heavy atom. The van der Waals surface area contributed by atoms with Crippen LogP contribution in [0.25, 0.3) is 0 Å². The standard InChI is InChI=1S/C19H23ClN2O4/c1-12(18(24)21-15-8-6-14(20)7-9-15)26-19(25)13-10-17(23)22(11-13)16-4-2-3-5-16/h6-9,12-13,16H,2-5,10-11H2,1H3,(H,21,24)/t12-,13-/m1/s1. The van der Waals surface area contributed by atoms with E-state index < -0.39 is 23.9 Å². The highest BCUT2D eigenvalue weighted by molar-refractivity contribution is 6.30. The molecule has 1 aliphatic heterocycles. The molecule has 3 rings (SSSR count). The third-order valence-electron chi connectivity index (χ3n) is 5.03. The number of nitrogens with zero attached hydrogens (tertiary/aromatic N) is 1. The minimum Gasteiger partial charge on any atom is -0.452 e. The van der Waals surface area contributed by atoms with E-state index in [1.807, 2.05) is 4.90 Å². The van der Waals surface area contributed by atoms with Crippen LogP contribution in [0.2, 0.25) is 5.02 Å². The molecule has 1 aliphatic carbocycles. The molecule has 140 valence electrons. The minimum absolute atomic E-state index is 0.0112. The molecule has 2 fully saturated rings. The molecule has 7 heteroatoms. The molecule has 1 N–H and O–H groups in total. The summed E-state index contributed by atoms with van der Waals surface area (Å²) in [5, 5.41) is 3.24. The SMILES string of the molecule is C[C@@H](OC(=O)[C@@H]1CC(=O)N(C2CCCC2)C1)C(=O)Nc1ccc(Cl)cc1. The summed E-state index contributed by atoms with van der Waals surface area (Å²) < 4.78 is 5.30. The Morgan fingerprint density at radius 3 is 2.54 bits per heavy atom. The Hall–Kier alpha value is -2.08. The second kappa shape index (κ2) is 8.08. The van der Waals surface area contributed by atoms with E-state index in [2.05, 4.69) is 5.32 Å². The van der Waals surface area contributed by atoms with Crippen LogP contribution < -0.4 is 5.32 Å². The summed E-state index contributed by atoms with van der Waals surface area (Å²) in [6, 6.07) is 6.92. The highest BCUT2D eigenvalue weighted by atomic mass is 35.5. The van der Waals surface area contributed by atoms with Crippen LogP contribution in [0.5, 0.6) is 0 Å². The van der Waals surface area contributed by atoms with Crippen LogP contribution in [0.1, 0.15) is 39.0 Å². The number of nitrogens with one attached hydrogen (secondary N) is 1. The predicted molar refractivity (Wildman–Crippen MR) is 97.7 cm³/mol. The van der Waals surface area contributed by atoms with E-state index >= 15 is 0 Å². The van der Waals surface area contributed by atoms with Gasteiger partial charge in [0.1, 0.15) is 0 Å². The lowest BCUT2D eigenvalue weighted by molar-refractivity contribution is -0.157. The number of anilines is 1. The Morgan fingerprint density at radius 2 is 1.88 bits per heavy atom. The van der Waals surface area contributed by atoms with Crippen molar-refractivity contribution in [1.29, 1.82) is 0 Å². The fourth-order valence-corrected chi connectivity index (χ4v) is 3.69. The Labute approximate surface area is 157 Å². The van der Waals surface area contributed by atoms with Crippen molar-refractivity contribution >= 4 is 35.1 Å². The van der Waals surface area contributed by atoms with Crippen LogP contribution in [0, 0.1) is 5.92 Å². The van der Waals surface area contributed by atoms with Gasteiger partial charge in [-0.3, -0.25) is 14.4 Å². The van der Waals surface area contributed by atoms with Crippen LogP contribution in [0.3, 0.4) is 0 Å². The maximum atomic E-state index is 12.4. The minimum atomic E-state index is -0.936. The van der Waals surface area contributed by atoms with Crippen LogP contribution in [0.4, 0.5) is 5.69 Å². The molecule has 1 heterocycles. The Bertz CT molecular complexity index is 685. The van der Waals surface area contributed by atoms with Crippen molar-refractivity contribution in [2.24, 2.45) is 5.92 Å². The summed E-state index contributed by atoms with van der Waals surface area (Å²) in [7, 11) is 0. The largest absolute Gasteiger partial charge is 0.452 e. The van der Waals surface area contributed by atoms with E-state index in [1.54, 1.807) is 24.3 Å². The molecule has 2 atom stereocenters. The third kappa shape index (κ3) is 4.36. The predicted octanol–water partition coefficient (Wildman–Crippen LogP) is 3.00. The van der Waals surface area contributed by atoms with Gasteiger partial charge in [0.2, 0.25) is 5.91 Å². The smallest absolute Gasteiger partial charge is 0.312 e. The van der Waals surface area contributed by atoms with Crippen molar-refractivity contribution < 1.29 is 19.1 Å². The van der Waals surface area contributed by atoms with Crippen LogP contribution in [0.15, 0.2) is 24.3 Å². The number of benzene rings is 1. The van der Waals surface area contributed by atoms with Gasteiger partial charge in [-0.25, -0.2) is 0 Å². The number of hydrogen-bond donors (Lipinski definition) is 1. The first-order chi connectivity index (χ1) is 12.4. The number of hydrogen-bond acceptors (Lipinski definition) is 4. The van der Waals surface area contributed by atoms with Gasteiger partial charge < -0.3 is 15.0 Å². The van der Waals surface area contributed by atoms with Gasteiger partial charge in [-0.05, 0) is 44.0 Å². The summed E-state index contributed by atoms with van der Waals surface area (Å²) in [5.41, 5.74) is 0.575. The molecule has 0 unspecified atom stereocenters. The van der Waals surface area contributed by atoms with Gasteiger partial charge in [-0.15, -0.1) is 0 Å². The molecular weight excluding hydrogens is 356 g/mol. The van der Waals surface area contributed by atoms with Crippen molar-refractivity contribution in [3.63, 3.8) is 0 Å². The summed E-state index contributed by atoms with van der Waals surface area (Å²) in [5.74, 6) is -1.39. The van der Waals surface area contributed by atoms with Crippen molar-refractivity contribution in [2.45, 2.75) is 51.2 Å². The molecule has 6 nitrogen and oxygen atoms in total.